The molecule has 2 aromatic heterocycles. The van der Waals surface area contributed by atoms with Gasteiger partial charge in [0.15, 0.2) is 11.9 Å². The maximum Gasteiger partial charge on any atom is 0.340 e. The third-order valence-electron chi connectivity index (χ3n) is 6.33. The van der Waals surface area contributed by atoms with Gasteiger partial charge >= 0.3 is 11.9 Å². The highest BCUT2D eigenvalue weighted by molar-refractivity contribution is 5.90. The molecule has 0 bridgehead atoms. The third-order valence-corrected chi connectivity index (χ3v) is 6.33. The molecule has 1 aliphatic heterocycles. The van der Waals surface area contributed by atoms with Crippen molar-refractivity contribution in [2.24, 2.45) is 11.8 Å². The second kappa shape index (κ2) is 9.63. The lowest BCUT2D eigenvalue weighted by Crippen LogP contribution is -2.50. The second-order valence-electron chi connectivity index (χ2n) is 8.50. The Hall–Kier alpha value is -4.11. The van der Waals surface area contributed by atoms with Gasteiger partial charge in [0.05, 0.1) is 11.1 Å². The van der Waals surface area contributed by atoms with Crippen LogP contribution in [0.25, 0.3) is 5.78 Å². The van der Waals surface area contributed by atoms with Gasteiger partial charge in [0.1, 0.15) is 6.10 Å². The molecule has 1 aliphatic rings. The number of fused-ring (bicyclic) bond motifs is 1. The number of carbonyl (C=O) groups excluding carboxylic acids is 2. The summed E-state index contributed by atoms with van der Waals surface area (Å²) in [5.41, 5.74) is 0.765. The molecule has 35 heavy (non-hydrogen) atoms. The molecule has 178 valence electrons. The predicted molar refractivity (Wildman–Crippen MR) is 124 cm³/mol. The summed E-state index contributed by atoms with van der Waals surface area (Å²) in [7, 11) is 0. The highest BCUT2D eigenvalue weighted by Gasteiger charge is 2.48. The molecule has 1 fully saturated rings. The Bertz CT molecular complexity index is 1330. The highest BCUT2D eigenvalue weighted by atomic mass is 16.7. The van der Waals surface area contributed by atoms with E-state index in [1.807, 2.05) is 26.0 Å². The van der Waals surface area contributed by atoms with Crippen molar-refractivity contribution in [1.82, 2.24) is 19.6 Å². The van der Waals surface area contributed by atoms with Gasteiger partial charge in [-0.3, -0.25) is 4.40 Å². The lowest BCUT2D eigenvalue weighted by molar-refractivity contribution is -0.253. The summed E-state index contributed by atoms with van der Waals surface area (Å²) in [5.74, 6) is -0.524. The number of aromatic nitrogens is 4. The van der Waals surface area contributed by atoms with Crippen molar-refractivity contribution in [2.45, 2.75) is 32.3 Å². The van der Waals surface area contributed by atoms with Gasteiger partial charge in [-0.1, -0.05) is 50.2 Å². The van der Waals surface area contributed by atoms with Crippen LogP contribution >= 0.6 is 0 Å². The maximum atomic E-state index is 12.9. The van der Waals surface area contributed by atoms with E-state index < -0.39 is 30.4 Å². The van der Waals surface area contributed by atoms with Gasteiger partial charge in [-0.05, 0) is 36.2 Å². The topological polar surface area (TPSA) is 105 Å². The molecule has 1 saturated heterocycles. The van der Waals surface area contributed by atoms with E-state index in [9.17, 15) is 9.59 Å². The molecule has 0 amide bonds. The number of carbonyl (C=O) groups is 2. The molecule has 0 aliphatic carbocycles. The van der Waals surface area contributed by atoms with Gasteiger partial charge in [-0.2, -0.15) is 0 Å². The van der Waals surface area contributed by atoms with E-state index in [0.717, 1.165) is 0 Å². The number of nitrogens with zero attached hydrogens (tertiary/aromatic N) is 4. The molecule has 3 heterocycles. The summed E-state index contributed by atoms with van der Waals surface area (Å²) in [5, 5.41) is 8.41. The minimum absolute atomic E-state index is 0.150. The molecule has 5 rings (SSSR count). The van der Waals surface area contributed by atoms with E-state index in [1.165, 1.54) is 0 Å². The number of hydrogen-bond donors (Lipinski definition) is 0. The molecule has 0 spiro atoms. The largest absolute Gasteiger partial charge is 0.452 e. The quantitative estimate of drug-likeness (QED) is 0.403. The van der Waals surface area contributed by atoms with Crippen LogP contribution < -0.4 is 0 Å². The van der Waals surface area contributed by atoms with Crippen molar-refractivity contribution >= 4 is 17.7 Å². The number of hydrogen-bond acceptors (Lipinski definition) is 8. The van der Waals surface area contributed by atoms with E-state index in [0.29, 0.717) is 22.7 Å². The van der Waals surface area contributed by atoms with Crippen LogP contribution in [0.4, 0.5) is 0 Å². The molecule has 4 aromatic rings. The van der Waals surface area contributed by atoms with Crippen LogP contribution in [0.1, 0.15) is 46.5 Å². The van der Waals surface area contributed by atoms with Crippen LogP contribution in [0, 0.1) is 11.8 Å². The van der Waals surface area contributed by atoms with E-state index in [1.54, 1.807) is 71.4 Å². The summed E-state index contributed by atoms with van der Waals surface area (Å²) >= 11 is 0. The second-order valence-corrected chi connectivity index (χ2v) is 8.50. The van der Waals surface area contributed by atoms with Crippen LogP contribution in [0.3, 0.4) is 0 Å². The van der Waals surface area contributed by atoms with Gasteiger partial charge in [0.25, 0.3) is 5.78 Å². The van der Waals surface area contributed by atoms with E-state index in [4.69, 9.17) is 14.2 Å². The molecule has 0 radical (unpaired) electrons. The first-order valence-electron chi connectivity index (χ1n) is 11.4. The summed E-state index contributed by atoms with van der Waals surface area (Å²) in [6.45, 7) is 3.92. The minimum atomic E-state index is -1.16. The standard InChI is InChI=1S/C26H24N4O5/c1-16-17(2)21(33-23(31)18-10-5-3-6-11-18)25(35-24(32)19-12-7-4-8-13-19)34-20(16)22-28-29-26-27-14-9-15-30(22)26/h3-17,20-21,25H,1-2H3/t16-,17-,20?,21?,25?/m0/s1. The zero-order valence-electron chi connectivity index (χ0n) is 19.2. The average molecular weight is 473 g/mol. The van der Waals surface area contributed by atoms with Gasteiger partial charge in [-0.25, -0.2) is 14.6 Å². The number of benzene rings is 2. The van der Waals surface area contributed by atoms with E-state index in [2.05, 4.69) is 15.2 Å². The SMILES string of the molecule is C[C@@H]1C(c2nnc3ncccn23)OC(OC(=O)c2ccccc2)C(OC(=O)c2ccccc2)[C@H]1C. The molecule has 5 atom stereocenters. The van der Waals surface area contributed by atoms with E-state index in [-0.39, 0.29) is 11.8 Å². The summed E-state index contributed by atoms with van der Waals surface area (Å²) in [6, 6.07) is 19.0. The zero-order chi connectivity index (χ0) is 24.4. The first kappa shape index (κ1) is 22.7. The summed E-state index contributed by atoms with van der Waals surface area (Å²) < 4.78 is 19.7. The lowest BCUT2D eigenvalue weighted by atomic mass is 9.83. The Morgan fingerprint density at radius 3 is 2.11 bits per heavy atom. The lowest BCUT2D eigenvalue weighted by Gasteiger charge is -2.42. The molecule has 3 unspecified atom stereocenters. The molecule has 2 aromatic carbocycles. The van der Waals surface area contributed by atoms with Crippen molar-refractivity contribution < 1.29 is 23.8 Å². The fraction of sp³-hybridized carbons (Fsp3) is 0.269. The number of rotatable bonds is 5. The van der Waals surface area contributed by atoms with E-state index >= 15 is 0 Å². The molecular weight excluding hydrogens is 448 g/mol. The average Bonchev–Trinajstić information content (AvgIpc) is 3.33. The van der Waals surface area contributed by atoms with Gasteiger partial charge in [0, 0.05) is 18.3 Å². The van der Waals surface area contributed by atoms with Gasteiger partial charge < -0.3 is 14.2 Å². The summed E-state index contributed by atoms with van der Waals surface area (Å²) in [4.78, 5) is 30.0. The Morgan fingerprint density at radius 2 is 1.46 bits per heavy atom. The fourth-order valence-electron chi connectivity index (χ4n) is 4.19. The van der Waals surface area contributed by atoms with Crippen molar-refractivity contribution in [1.29, 1.82) is 0 Å². The van der Waals surface area contributed by atoms with Crippen LogP contribution in [-0.2, 0) is 14.2 Å². The molecule has 9 nitrogen and oxygen atoms in total. The first-order chi connectivity index (χ1) is 17.0. The molecule has 0 N–H and O–H groups in total. The van der Waals surface area contributed by atoms with Crippen molar-refractivity contribution in [2.75, 3.05) is 0 Å². The Labute approximate surface area is 201 Å². The van der Waals surface area contributed by atoms with Crippen molar-refractivity contribution in [3.63, 3.8) is 0 Å². The van der Waals surface area contributed by atoms with Crippen LogP contribution in [0.5, 0.6) is 0 Å². The predicted octanol–water partition coefficient (Wildman–Crippen LogP) is 3.88. The number of ether oxygens (including phenoxy) is 3. The molecular formula is C26H24N4O5. The Kier molecular flexibility index (Phi) is 6.24. The normalized spacial score (nSPS) is 24.1. The maximum absolute atomic E-state index is 12.9. The first-order valence-corrected chi connectivity index (χ1v) is 11.4. The number of esters is 2. The highest BCUT2D eigenvalue weighted by Crippen LogP contribution is 2.41. The van der Waals surface area contributed by atoms with Crippen LogP contribution in [-0.4, -0.2) is 43.9 Å². The monoisotopic (exact) mass is 472 g/mol. The summed E-state index contributed by atoms with van der Waals surface area (Å²) in [6.07, 6.45) is 0.856. The fourth-order valence-corrected chi connectivity index (χ4v) is 4.19. The zero-order valence-corrected chi connectivity index (χ0v) is 19.2. The van der Waals surface area contributed by atoms with Crippen LogP contribution in [0.15, 0.2) is 79.1 Å². The van der Waals surface area contributed by atoms with Gasteiger partial charge in [-0.15, -0.1) is 10.2 Å². The Balaban J connectivity index is 1.46. The van der Waals surface area contributed by atoms with Crippen LogP contribution in [0.2, 0.25) is 0 Å². The minimum Gasteiger partial charge on any atom is -0.452 e. The Morgan fingerprint density at radius 1 is 0.829 bits per heavy atom. The van der Waals surface area contributed by atoms with Crippen molar-refractivity contribution in [3.8, 4) is 0 Å². The smallest absolute Gasteiger partial charge is 0.340 e. The molecule has 0 saturated carbocycles. The molecule has 9 heteroatoms. The van der Waals surface area contributed by atoms with Crippen molar-refractivity contribution in [3.05, 3.63) is 96.1 Å². The third kappa shape index (κ3) is 4.50. The van der Waals surface area contributed by atoms with Gasteiger partial charge in [0.2, 0.25) is 6.29 Å².